The maximum absolute atomic E-state index is 11.9. The van der Waals surface area contributed by atoms with E-state index < -0.39 is 5.69 Å². The predicted molar refractivity (Wildman–Crippen MR) is 91.7 cm³/mol. The molecule has 1 aliphatic heterocycles. The SMILES string of the molecule is Nc1ccn(-c2ccc(CN3CCC(N)CC3)c(Cl)c2)c(=O)n1. The zero-order chi connectivity index (χ0) is 16.4. The molecule has 0 radical (unpaired) electrons. The third-order valence-electron chi connectivity index (χ3n) is 4.17. The first-order valence-electron chi connectivity index (χ1n) is 7.65. The van der Waals surface area contributed by atoms with E-state index in [0.717, 1.165) is 38.0 Å². The fraction of sp³-hybridized carbons (Fsp3) is 0.375. The van der Waals surface area contributed by atoms with Crippen LogP contribution in [0.2, 0.25) is 5.02 Å². The zero-order valence-corrected chi connectivity index (χ0v) is 13.5. The second-order valence-electron chi connectivity index (χ2n) is 5.89. The molecule has 0 saturated carbocycles. The summed E-state index contributed by atoms with van der Waals surface area (Å²) < 4.78 is 1.42. The lowest BCUT2D eigenvalue weighted by molar-refractivity contribution is 0.205. The van der Waals surface area contributed by atoms with E-state index in [-0.39, 0.29) is 5.82 Å². The highest BCUT2D eigenvalue weighted by Gasteiger charge is 2.17. The number of aromatic nitrogens is 2. The Morgan fingerprint density at radius 3 is 2.65 bits per heavy atom. The fourth-order valence-electron chi connectivity index (χ4n) is 2.78. The lowest BCUT2D eigenvalue weighted by Crippen LogP contribution is -2.39. The molecule has 2 heterocycles. The van der Waals surface area contributed by atoms with Gasteiger partial charge in [-0.1, -0.05) is 17.7 Å². The summed E-state index contributed by atoms with van der Waals surface area (Å²) >= 11 is 6.40. The van der Waals surface area contributed by atoms with E-state index in [2.05, 4.69) is 9.88 Å². The van der Waals surface area contributed by atoms with Gasteiger partial charge in [0, 0.05) is 23.8 Å². The zero-order valence-electron chi connectivity index (χ0n) is 12.8. The van der Waals surface area contributed by atoms with Gasteiger partial charge in [-0.3, -0.25) is 9.47 Å². The van der Waals surface area contributed by atoms with Gasteiger partial charge in [0.05, 0.1) is 5.69 Å². The summed E-state index contributed by atoms with van der Waals surface area (Å²) in [5, 5.41) is 0.640. The summed E-state index contributed by atoms with van der Waals surface area (Å²) in [6.07, 6.45) is 3.63. The highest BCUT2D eigenvalue weighted by Crippen LogP contribution is 2.22. The Balaban J connectivity index is 1.79. The fourth-order valence-corrected chi connectivity index (χ4v) is 3.01. The summed E-state index contributed by atoms with van der Waals surface area (Å²) in [6.45, 7) is 2.77. The van der Waals surface area contributed by atoms with Gasteiger partial charge in [-0.25, -0.2) is 4.79 Å². The van der Waals surface area contributed by atoms with Crippen LogP contribution in [0.1, 0.15) is 18.4 Å². The highest BCUT2D eigenvalue weighted by atomic mass is 35.5. The van der Waals surface area contributed by atoms with Gasteiger partial charge >= 0.3 is 5.69 Å². The quantitative estimate of drug-likeness (QED) is 0.886. The molecule has 1 aliphatic rings. The van der Waals surface area contributed by atoms with E-state index in [0.29, 0.717) is 16.8 Å². The van der Waals surface area contributed by atoms with Crippen LogP contribution in [-0.4, -0.2) is 33.6 Å². The molecule has 0 atom stereocenters. The molecule has 1 aromatic carbocycles. The van der Waals surface area contributed by atoms with Crippen LogP contribution in [0.3, 0.4) is 0 Å². The molecule has 23 heavy (non-hydrogen) atoms. The summed E-state index contributed by atoms with van der Waals surface area (Å²) in [7, 11) is 0. The van der Waals surface area contributed by atoms with Gasteiger partial charge in [-0.15, -0.1) is 0 Å². The van der Waals surface area contributed by atoms with Crippen LogP contribution >= 0.6 is 11.6 Å². The number of nitrogens with two attached hydrogens (primary N) is 2. The number of likely N-dealkylation sites (tertiary alicyclic amines) is 1. The van der Waals surface area contributed by atoms with Gasteiger partial charge in [0.1, 0.15) is 5.82 Å². The number of hydrogen-bond donors (Lipinski definition) is 2. The number of halogens is 1. The van der Waals surface area contributed by atoms with E-state index in [1.165, 1.54) is 4.57 Å². The van der Waals surface area contributed by atoms with Crippen LogP contribution in [0.4, 0.5) is 5.82 Å². The highest BCUT2D eigenvalue weighted by molar-refractivity contribution is 6.31. The van der Waals surface area contributed by atoms with Crippen molar-refractivity contribution in [3.8, 4) is 5.69 Å². The summed E-state index contributed by atoms with van der Waals surface area (Å²) in [5.74, 6) is 0.206. The molecule has 7 heteroatoms. The van der Waals surface area contributed by atoms with Gasteiger partial charge in [-0.2, -0.15) is 4.98 Å². The number of hydrogen-bond acceptors (Lipinski definition) is 5. The van der Waals surface area contributed by atoms with Crippen molar-refractivity contribution < 1.29 is 0 Å². The average molecular weight is 334 g/mol. The topological polar surface area (TPSA) is 90.2 Å². The van der Waals surface area contributed by atoms with E-state index in [9.17, 15) is 4.79 Å². The van der Waals surface area contributed by atoms with Crippen molar-refractivity contribution in [3.63, 3.8) is 0 Å². The lowest BCUT2D eigenvalue weighted by atomic mass is 10.1. The standard InChI is InChI=1S/C16H20ClN5O/c17-14-9-13(22-8-5-15(19)20-16(22)23)2-1-11(14)10-21-6-3-12(18)4-7-21/h1-2,5,8-9,12H,3-4,6-7,10,18H2,(H2,19,20,23). The molecule has 1 saturated heterocycles. The van der Waals surface area contributed by atoms with Crippen LogP contribution in [0.25, 0.3) is 5.69 Å². The van der Waals surface area contributed by atoms with Gasteiger partial charge in [0.2, 0.25) is 0 Å². The van der Waals surface area contributed by atoms with Crippen molar-refractivity contribution in [3.05, 3.63) is 51.5 Å². The molecular formula is C16H20ClN5O. The van der Waals surface area contributed by atoms with Gasteiger partial charge in [-0.05, 0) is 49.7 Å². The van der Waals surface area contributed by atoms with E-state index in [1.54, 1.807) is 18.3 Å². The molecule has 0 unspecified atom stereocenters. The van der Waals surface area contributed by atoms with Crippen LogP contribution in [0.5, 0.6) is 0 Å². The minimum absolute atomic E-state index is 0.206. The van der Waals surface area contributed by atoms with Crippen molar-refractivity contribution in [2.45, 2.75) is 25.4 Å². The first-order valence-corrected chi connectivity index (χ1v) is 8.02. The number of piperidine rings is 1. The molecule has 2 aromatic rings. The Kier molecular flexibility index (Phi) is 4.66. The molecule has 1 fully saturated rings. The smallest absolute Gasteiger partial charge is 0.354 e. The van der Waals surface area contributed by atoms with Crippen LogP contribution in [0, 0.1) is 0 Å². The van der Waals surface area contributed by atoms with Gasteiger partial charge in [0.25, 0.3) is 0 Å². The number of rotatable bonds is 3. The Hall–Kier alpha value is -1.89. The Labute approximate surface area is 139 Å². The normalized spacial score (nSPS) is 16.6. The van der Waals surface area contributed by atoms with Crippen molar-refractivity contribution >= 4 is 17.4 Å². The molecule has 4 N–H and O–H groups in total. The number of nitrogen functional groups attached to an aromatic ring is 1. The Morgan fingerprint density at radius 2 is 2.00 bits per heavy atom. The number of anilines is 1. The molecule has 3 rings (SSSR count). The molecule has 122 valence electrons. The molecule has 0 aliphatic carbocycles. The van der Waals surface area contributed by atoms with Crippen LogP contribution < -0.4 is 17.2 Å². The largest absolute Gasteiger partial charge is 0.383 e. The number of nitrogens with zero attached hydrogens (tertiary/aromatic N) is 3. The van der Waals surface area contributed by atoms with Crippen molar-refractivity contribution in [1.82, 2.24) is 14.5 Å². The molecular weight excluding hydrogens is 314 g/mol. The number of benzene rings is 1. The molecule has 0 bridgehead atoms. The third-order valence-corrected chi connectivity index (χ3v) is 4.52. The van der Waals surface area contributed by atoms with E-state index in [1.807, 2.05) is 12.1 Å². The molecule has 6 nitrogen and oxygen atoms in total. The molecule has 0 spiro atoms. The first kappa shape index (κ1) is 16.0. The summed E-state index contributed by atoms with van der Waals surface area (Å²) in [6, 6.07) is 7.51. The van der Waals surface area contributed by atoms with Crippen molar-refractivity contribution in [1.29, 1.82) is 0 Å². The van der Waals surface area contributed by atoms with Crippen LogP contribution in [-0.2, 0) is 6.54 Å². The van der Waals surface area contributed by atoms with Gasteiger partial charge in [0.15, 0.2) is 0 Å². The summed E-state index contributed by atoms with van der Waals surface area (Å²) in [5.41, 5.74) is 12.7. The van der Waals surface area contributed by atoms with Crippen molar-refractivity contribution in [2.24, 2.45) is 5.73 Å². The molecule has 1 aromatic heterocycles. The predicted octanol–water partition coefficient (Wildman–Crippen LogP) is 1.39. The van der Waals surface area contributed by atoms with E-state index in [4.69, 9.17) is 23.1 Å². The maximum atomic E-state index is 11.9. The van der Waals surface area contributed by atoms with Crippen LogP contribution in [0.15, 0.2) is 35.3 Å². The Bertz CT molecular complexity index is 752. The monoisotopic (exact) mass is 333 g/mol. The van der Waals surface area contributed by atoms with E-state index >= 15 is 0 Å². The maximum Gasteiger partial charge on any atom is 0.354 e. The molecule has 0 amide bonds. The lowest BCUT2D eigenvalue weighted by Gasteiger charge is -2.30. The van der Waals surface area contributed by atoms with Crippen molar-refractivity contribution in [2.75, 3.05) is 18.8 Å². The summed E-state index contributed by atoms with van der Waals surface area (Å²) in [4.78, 5) is 18.0. The minimum Gasteiger partial charge on any atom is -0.383 e. The minimum atomic E-state index is -0.418. The average Bonchev–Trinajstić information content (AvgIpc) is 2.51. The second kappa shape index (κ2) is 6.70. The van der Waals surface area contributed by atoms with Gasteiger partial charge < -0.3 is 11.5 Å². The second-order valence-corrected chi connectivity index (χ2v) is 6.30. The first-order chi connectivity index (χ1) is 11.0. The third kappa shape index (κ3) is 3.72. The Morgan fingerprint density at radius 1 is 1.26 bits per heavy atom.